The maximum atomic E-state index is 11.1. The first-order valence-corrected chi connectivity index (χ1v) is 7.72. The number of aliphatic carboxylic acids is 1. The van der Waals surface area contributed by atoms with Gasteiger partial charge in [-0.15, -0.1) is 0 Å². The highest BCUT2D eigenvalue weighted by Gasteiger charge is 2.16. The number of carboxylic acids is 1. The molecular weight excluding hydrogens is 316 g/mol. The highest BCUT2D eigenvalue weighted by atomic mass is 79.9. The fourth-order valence-corrected chi connectivity index (χ4v) is 2.39. The lowest BCUT2D eigenvalue weighted by Crippen LogP contribution is -2.36. The van der Waals surface area contributed by atoms with Gasteiger partial charge in [0.25, 0.3) is 0 Å². The Morgan fingerprint density at radius 1 is 1.61 bits per heavy atom. The molecule has 0 unspecified atom stereocenters. The van der Waals surface area contributed by atoms with Crippen LogP contribution in [0.3, 0.4) is 0 Å². The maximum absolute atomic E-state index is 11.1. The Hall–Kier alpha value is -0.720. The Labute approximate surface area is 119 Å². The summed E-state index contributed by atoms with van der Waals surface area (Å²) in [6.07, 6.45) is 2.57. The SMILES string of the molecule is CSCC[C@H](NCc1cc(Br)ccc1N)C(=O)O. The minimum absolute atomic E-state index is 0.455. The molecule has 0 aliphatic rings. The first kappa shape index (κ1) is 15.3. The Balaban J connectivity index is 2.60. The summed E-state index contributed by atoms with van der Waals surface area (Å²) in [5, 5.41) is 12.1. The number of nitrogens with two attached hydrogens (primary N) is 1. The molecule has 1 aromatic rings. The van der Waals surface area contributed by atoms with E-state index in [1.54, 1.807) is 17.8 Å². The van der Waals surface area contributed by atoms with Gasteiger partial charge in [-0.05, 0) is 42.2 Å². The smallest absolute Gasteiger partial charge is 0.320 e. The lowest BCUT2D eigenvalue weighted by atomic mass is 10.1. The molecule has 6 heteroatoms. The minimum atomic E-state index is -0.822. The van der Waals surface area contributed by atoms with E-state index in [1.807, 2.05) is 18.4 Å². The Kier molecular flexibility index (Phi) is 6.52. The van der Waals surface area contributed by atoms with E-state index >= 15 is 0 Å². The van der Waals surface area contributed by atoms with Gasteiger partial charge in [-0.2, -0.15) is 11.8 Å². The van der Waals surface area contributed by atoms with E-state index in [-0.39, 0.29) is 0 Å². The molecule has 0 radical (unpaired) electrons. The molecule has 4 nitrogen and oxygen atoms in total. The van der Waals surface area contributed by atoms with Crippen LogP contribution in [0.4, 0.5) is 5.69 Å². The first-order chi connectivity index (χ1) is 8.54. The van der Waals surface area contributed by atoms with Crippen molar-refractivity contribution < 1.29 is 9.90 Å². The zero-order chi connectivity index (χ0) is 13.5. The number of halogens is 1. The summed E-state index contributed by atoms with van der Waals surface area (Å²) < 4.78 is 0.935. The lowest BCUT2D eigenvalue weighted by Gasteiger charge is -2.15. The largest absolute Gasteiger partial charge is 0.480 e. The molecule has 0 aromatic heterocycles. The van der Waals surface area contributed by atoms with Crippen molar-refractivity contribution in [2.45, 2.75) is 19.0 Å². The molecule has 0 saturated carbocycles. The number of anilines is 1. The third-order valence-corrected chi connectivity index (χ3v) is 3.69. The summed E-state index contributed by atoms with van der Waals surface area (Å²) in [5.74, 6) is -0.00426. The molecule has 18 heavy (non-hydrogen) atoms. The van der Waals surface area contributed by atoms with Crippen molar-refractivity contribution in [2.75, 3.05) is 17.7 Å². The van der Waals surface area contributed by atoms with Gasteiger partial charge in [0.05, 0.1) is 0 Å². The maximum Gasteiger partial charge on any atom is 0.320 e. The van der Waals surface area contributed by atoms with Crippen LogP contribution in [0.1, 0.15) is 12.0 Å². The molecule has 0 bridgehead atoms. The van der Waals surface area contributed by atoms with Crippen LogP contribution in [-0.4, -0.2) is 29.1 Å². The zero-order valence-corrected chi connectivity index (χ0v) is 12.6. The average Bonchev–Trinajstić information content (AvgIpc) is 2.33. The molecule has 0 saturated heterocycles. The molecule has 0 amide bonds. The number of nitrogens with one attached hydrogen (secondary N) is 1. The van der Waals surface area contributed by atoms with Crippen molar-refractivity contribution in [3.63, 3.8) is 0 Å². The van der Waals surface area contributed by atoms with Crippen LogP contribution in [0.5, 0.6) is 0 Å². The Morgan fingerprint density at radius 3 is 2.94 bits per heavy atom. The Bertz CT molecular complexity index is 415. The van der Waals surface area contributed by atoms with Gasteiger partial charge in [0.1, 0.15) is 6.04 Å². The number of hydrogen-bond donors (Lipinski definition) is 3. The van der Waals surface area contributed by atoms with Gasteiger partial charge in [0, 0.05) is 16.7 Å². The summed E-state index contributed by atoms with van der Waals surface area (Å²) in [4.78, 5) is 11.1. The number of rotatable bonds is 7. The predicted octanol–water partition coefficient (Wildman–Crippen LogP) is 2.33. The normalized spacial score (nSPS) is 12.3. The lowest BCUT2D eigenvalue weighted by molar-refractivity contribution is -0.139. The van der Waals surface area contributed by atoms with E-state index in [0.717, 1.165) is 15.8 Å². The second-order valence-electron chi connectivity index (χ2n) is 3.90. The van der Waals surface area contributed by atoms with Crippen LogP contribution < -0.4 is 11.1 Å². The third kappa shape index (κ3) is 4.88. The van der Waals surface area contributed by atoms with Gasteiger partial charge in [-0.1, -0.05) is 15.9 Å². The number of carboxylic acid groups (broad SMARTS) is 1. The molecule has 0 aliphatic heterocycles. The minimum Gasteiger partial charge on any atom is -0.480 e. The van der Waals surface area contributed by atoms with E-state index in [0.29, 0.717) is 18.7 Å². The quantitative estimate of drug-likeness (QED) is 0.668. The molecule has 0 spiro atoms. The van der Waals surface area contributed by atoms with Crippen LogP contribution >= 0.6 is 27.7 Å². The summed E-state index contributed by atoms with van der Waals surface area (Å²) in [5.41, 5.74) is 7.41. The fourth-order valence-electron chi connectivity index (χ4n) is 1.51. The van der Waals surface area contributed by atoms with Crippen molar-refractivity contribution >= 4 is 39.3 Å². The average molecular weight is 333 g/mol. The predicted molar refractivity (Wildman–Crippen MR) is 79.8 cm³/mol. The van der Waals surface area contributed by atoms with Gasteiger partial charge in [0.15, 0.2) is 0 Å². The van der Waals surface area contributed by atoms with E-state index in [1.165, 1.54) is 0 Å². The molecule has 1 aromatic carbocycles. The fraction of sp³-hybridized carbons (Fsp3) is 0.417. The van der Waals surface area contributed by atoms with Gasteiger partial charge in [-0.3, -0.25) is 4.79 Å². The van der Waals surface area contributed by atoms with Crippen LogP contribution in [0.2, 0.25) is 0 Å². The zero-order valence-electron chi connectivity index (χ0n) is 10.1. The van der Waals surface area contributed by atoms with Gasteiger partial charge >= 0.3 is 5.97 Å². The molecule has 1 atom stereocenters. The molecule has 100 valence electrons. The van der Waals surface area contributed by atoms with Crippen LogP contribution in [0, 0.1) is 0 Å². The van der Waals surface area contributed by atoms with E-state index in [2.05, 4.69) is 21.2 Å². The summed E-state index contributed by atoms with van der Waals surface area (Å²) in [6, 6.07) is 5.03. The topological polar surface area (TPSA) is 75.3 Å². The highest BCUT2D eigenvalue weighted by molar-refractivity contribution is 9.10. The highest BCUT2D eigenvalue weighted by Crippen LogP contribution is 2.18. The molecule has 4 N–H and O–H groups in total. The van der Waals surface area contributed by atoms with E-state index < -0.39 is 12.0 Å². The van der Waals surface area contributed by atoms with E-state index in [9.17, 15) is 4.79 Å². The second kappa shape index (κ2) is 7.66. The molecular formula is C12H17BrN2O2S. The number of nitrogen functional groups attached to an aromatic ring is 1. The Morgan fingerprint density at radius 2 is 2.33 bits per heavy atom. The molecule has 0 aliphatic carbocycles. The van der Waals surface area contributed by atoms with Crippen LogP contribution in [0.25, 0.3) is 0 Å². The molecule has 0 heterocycles. The standard InChI is InChI=1S/C12H17BrN2O2S/c1-18-5-4-11(12(16)17)15-7-8-6-9(13)2-3-10(8)14/h2-3,6,11,15H,4-5,7,14H2,1H3,(H,16,17)/t11-/m0/s1. The monoisotopic (exact) mass is 332 g/mol. The van der Waals surface area contributed by atoms with Crippen molar-refractivity contribution in [1.29, 1.82) is 0 Å². The van der Waals surface area contributed by atoms with Crippen LogP contribution in [-0.2, 0) is 11.3 Å². The van der Waals surface area contributed by atoms with Crippen molar-refractivity contribution in [3.05, 3.63) is 28.2 Å². The first-order valence-electron chi connectivity index (χ1n) is 5.53. The number of thioether (sulfide) groups is 1. The summed E-state index contributed by atoms with van der Waals surface area (Å²) in [6.45, 7) is 0.455. The van der Waals surface area contributed by atoms with Gasteiger partial charge in [0.2, 0.25) is 0 Å². The van der Waals surface area contributed by atoms with Gasteiger partial charge < -0.3 is 16.2 Å². The van der Waals surface area contributed by atoms with E-state index in [4.69, 9.17) is 10.8 Å². The summed E-state index contributed by atoms with van der Waals surface area (Å²) in [7, 11) is 0. The van der Waals surface area contributed by atoms with Crippen LogP contribution in [0.15, 0.2) is 22.7 Å². The number of benzene rings is 1. The number of carbonyl (C=O) groups is 1. The van der Waals surface area contributed by atoms with Crippen molar-refractivity contribution in [3.8, 4) is 0 Å². The summed E-state index contributed by atoms with van der Waals surface area (Å²) >= 11 is 5.01. The molecule has 0 fully saturated rings. The second-order valence-corrected chi connectivity index (χ2v) is 5.80. The van der Waals surface area contributed by atoms with Gasteiger partial charge in [-0.25, -0.2) is 0 Å². The third-order valence-electron chi connectivity index (χ3n) is 2.55. The molecule has 1 rings (SSSR count). The van der Waals surface area contributed by atoms with Crippen molar-refractivity contribution in [1.82, 2.24) is 5.32 Å². The number of hydrogen-bond acceptors (Lipinski definition) is 4. The van der Waals surface area contributed by atoms with Crippen molar-refractivity contribution in [2.24, 2.45) is 0 Å².